The van der Waals surface area contributed by atoms with E-state index in [-0.39, 0.29) is 18.1 Å². The first-order chi connectivity index (χ1) is 12.1. The highest BCUT2D eigenvalue weighted by atomic mass is 16.5. The van der Waals surface area contributed by atoms with Crippen LogP contribution in [0.4, 0.5) is 5.88 Å². The normalized spacial score (nSPS) is 10.5. The van der Waals surface area contributed by atoms with Gasteiger partial charge in [0.25, 0.3) is 5.91 Å². The van der Waals surface area contributed by atoms with Crippen LogP contribution < -0.4 is 5.32 Å². The molecule has 0 bridgehead atoms. The Labute approximate surface area is 144 Å². The summed E-state index contributed by atoms with van der Waals surface area (Å²) in [6.45, 7) is 3.53. The first-order valence-electron chi connectivity index (χ1n) is 7.78. The summed E-state index contributed by atoms with van der Waals surface area (Å²) < 4.78 is 11.9. The zero-order chi connectivity index (χ0) is 17.8. The number of carbonyl (C=O) groups is 2. The zero-order valence-corrected chi connectivity index (χ0v) is 13.9. The van der Waals surface area contributed by atoms with Gasteiger partial charge in [0.05, 0.1) is 12.3 Å². The summed E-state index contributed by atoms with van der Waals surface area (Å²) in [5, 5.41) is 6.29. The molecule has 0 aliphatic rings. The predicted molar refractivity (Wildman–Crippen MR) is 90.9 cm³/mol. The van der Waals surface area contributed by atoms with Gasteiger partial charge in [-0.3, -0.25) is 10.1 Å². The molecule has 0 aliphatic heterocycles. The van der Waals surface area contributed by atoms with Crippen LogP contribution in [-0.2, 0) is 4.74 Å². The predicted octanol–water partition coefficient (Wildman–Crippen LogP) is 3.20. The van der Waals surface area contributed by atoms with E-state index in [2.05, 4.69) is 10.5 Å². The molecule has 1 aromatic carbocycles. The number of nitrogens with one attached hydrogen (secondary N) is 1. The van der Waals surface area contributed by atoms with Gasteiger partial charge in [0.2, 0.25) is 5.88 Å². The molecule has 2 aromatic heterocycles. The minimum absolute atomic E-state index is 0.0181. The topological polar surface area (TPSA) is 86.4 Å². The Morgan fingerprint density at radius 1 is 1.20 bits per heavy atom. The Hall–Kier alpha value is -3.35. The Kier molecular flexibility index (Phi) is 4.65. The van der Waals surface area contributed by atoms with Crippen LogP contribution in [-0.4, -0.2) is 28.2 Å². The van der Waals surface area contributed by atoms with Crippen molar-refractivity contribution in [3.63, 3.8) is 0 Å². The number of amides is 1. The van der Waals surface area contributed by atoms with Gasteiger partial charge in [-0.2, -0.15) is 0 Å². The number of benzene rings is 1. The van der Waals surface area contributed by atoms with Gasteiger partial charge < -0.3 is 13.8 Å². The number of rotatable bonds is 5. The Bertz CT molecular complexity index is 880. The lowest BCUT2D eigenvalue weighted by molar-refractivity contribution is 0.0526. The van der Waals surface area contributed by atoms with Gasteiger partial charge in [-0.1, -0.05) is 5.16 Å². The van der Waals surface area contributed by atoms with Gasteiger partial charge in [0.1, 0.15) is 5.56 Å². The molecule has 7 heteroatoms. The standard InChI is InChI=1S/C18H17N3O4/c1-3-24-18(23)15-12(2)20-25-17(15)19-16(22)13-6-8-14(9-7-13)21-10-4-5-11-21/h4-11H,3H2,1-2H3,(H,19,22). The molecule has 0 radical (unpaired) electrons. The lowest BCUT2D eigenvalue weighted by atomic mass is 10.2. The van der Waals surface area contributed by atoms with Crippen molar-refractivity contribution in [3.05, 3.63) is 65.6 Å². The highest BCUT2D eigenvalue weighted by Gasteiger charge is 2.23. The Balaban J connectivity index is 1.78. The van der Waals surface area contributed by atoms with Crippen LogP contribution in [0.25, 0.3) is 5.69 Å². The molecule has 7 nitrogen and oxygen atoms in total. The van der Waals surface area contributed by atoms with E-state index in [1.54, 1.807) is 26.0 Å². The monoisotopic (exact) mass is 339 g/mol. The number of ether oxygens (including phenoxy) is 1. The fourth-order valence-electron chi connectivity index (χ4n) is 2.37. The minimum atomic E-state index is -0.584. The van der Waals surface area contributed by atoms with E-state index in [1.807, 2.05) is 41.2 Å². The molecule has 0 aliphatic carbocycles. The summed E-state index contributed by atoms with van der Waals surface area (Å²) in [5.41, 5.74) is 1.85. The molecule has 0 unspecified atom stereocenters. The molecule has 2 heterocycles. The molecule has 25 heavy (non-hydrogen) atoms. The quantitative estimate of drug-likeness (QED) is 0.721. The molecule has 1 amide bonds. The van der Waals surface area contributed by atoms with E-state index < -0.39 is 11.9 Å². The summed E-state index contributed by atoms with van der Waals surface area (Å²) in [7, 11) is 0. The second kappa shape index (κ2) is 7.04. The van der Waals surface area contributed by atoms with Crippen LogP contribution in [0.3, 0.4) is 0 Å². The molecular formula is C18H17N3O4. The maximum atomic E-state index is 12.4. The van der Waals surface area contributed by atoms with Gasteiger partial charge in [-0.25, -0.2) is 4.79 Å². The van der Waals surface area contributed by atoms with Crippen LogP contribution in [0.15, 0.2) is 53.3 Å². The maximum absolute atomic E-state index is 12.4. The average molecular weight is 339 g/mol. The van der Waals surface area contributed by atoms with Gasteiger partial charge >= 0.3 is 5.97 Å². The van der Waals surface area contributed by atoms with Gasteiger partial charge in [0, 0.05) is 23.6 Å². The number of aryl methyl sites for hydroxylation is 1. The summed E-state index contributed by atoms with van der Waals surface area (Å²) in [5.74, 6) is -1.00. The molecule has 0 spiro atoms. The van der Waals surface area contributed by atoms with Crippen molar-refractivity contribution in [3.8, 4) is 5.69 Å². The fraction of sp³-hybridized carbons (Fsp3) is 0.167. The maximum Gasteiger partial charge on any atom is 0.345 e. The summed E-state index contributed by atoms with van der Waals surface area (Å²) >= 11 is 0. The van der Waals surface area contributed by atoms with Crippen molar-refractivity contribution in [2.75, 3.05) is 11.9 Å². The summed E-state index contributed by atoms with van der Waals surface area (Å²) in [6.07, 6.45) is 3.83. The molecule has 0 saturated heterocycles. The van der Waals surface area contributed by atoms with Crippen molar-refractivity contribution in [2.24, 2.45) is 0 Å². The molecule has 3 aromatic rings. The minimum Gasteiger partial charge on any atom is -0.462 e. The lowest BCUT2D eigenvalue weighted by Crippen LogP contribution is -2.15. The highest BCUT2D eigenvalue weighted by Crippen LogP contribution is 2.21. The number of esters is 1. The molecule has 1 N–H and O–H groups in total. The van der Waals surface area contributed by atoms with Crippen molar-refractivity contribution in [1.82, 2.24) is 9.72 Å². The number of aromatic nitrogens is 2. The van der Waals surface area contributed by atoms with Crippen molar-refractivity contribution < 1.29 is 18.8 Å². The smallest absolute Gasteiger partial charge is 0.345 e. The van der Waals surface area contributed by atoms with E-state index in [1.165, 1.54) is 0 Å². The van der Waals surface area contributed by atoms with Crippen LogP contribution in [0.5, 0.6) is 0 Å². The number of hydrogen-bond donors (Lipinski definition) is 1. The average Bonchev–Trinajstić information content (AvgIpc) is 3.25. The second-order valence-electron chi connectivity index (χ2n) is 5.28. The molecule has 3 rings (SSSR count). The zero-order valence-electron chi connectivity index (χ0n) is 13.9. The van der Waals surface area contributed by atoms with E-state index in [9.17, 15) is 9.59 Å². The van der Waals surface area contributed by atoms with Crippen LogP contribution in [0.2, 0.25) is 0 Å². The molecule has 0 fully saturated rings. The third kappa shape index (κ3) is 3.45. The first kappa shape index (κ1) is 16.5. The lowest BCUT2D eigenvalue weighted by Gasteiger charge is -2.06. The van der Waals surface area contributed by atoms with E-state index in [0.717, 1.165) is 5.69 Å². The number of carbonyl (C=O) groups excluding carboxylic acids is 2. The second-order valence-corrected chi connectivity index (χ2v) is 5.28. The Morgan fingerprint density at radius 2 is 1.88 bits per heavy atom. The molecule has 0 saturated carbocycles. The summed E-state index contributed by atoms with van der Waals surface area (Å²) in [6, 6.07) is 10.9. The highest BCUT2D eigenvalue weighted by molar-refractivity contribution is 6.07. The van der Waals surface area contributed by atoms with Crippen LogP contribution in [0.1, 0.15) is 33.3 Å². The molecular weight excluding hydrogens is 322 g/mol. The first-order valence-corrected chi connectivity index (χ1v) is 7.78. The number of hydrogen-bond acceptors (Lipinski definition) is 5. The van der Waals surface area contributed by atoms with Crippen molar-refractivity contribution in [2.45, 2.75) is 13.8 Å². The molecule has 0 atom stereocenters. The van der Waals surface area contributed by atoms with Gasteiger partial charge in [-0.05, 0) is 50.2 Å². The fourth-order valence-corrected chi connectivity index (χ4v) is 2.37. The largest absolute Gasteiger partial charge is 0.462 e. The van der Waals surface area contributed by atoms with Gasteiger partial charge in [-0.15, -0.1) is 0 Å². The third-order valence-electron chi connectivity index (χ3n) is 3.60. The van der Waals surface area contributed by atoms with E-state index in [0.29, 0.717) is 11.3 Å². The van der Waals surface area contributed by atoms with Gasteiger partial charge in [0.15, 0.2) is 0 Å². The van der Waals surface area contributed by atoms with Crippen molar-refractivity contribution >= 4 is 17.8 Å². The summed E-state index contributed by atoms with van der Waals surface area (Å²) in [4.78, 5) is 24.4. The molecule has 128 valence electrons. The van der Waals surface area contributed by atoms with E-state index in [4.69, 9.17) is 9.26 Å². The van der Waals surface area contributed by atoms with Crippen molar-refractivity contribution in [1.29, 1.82) is 0 Å². The number of nitrogens with zero attached hydrogens (tertiary/aromatic N) is 2. The number of anilines is 1. The van der Waals surface area contributed by atoms with Crippen LogP contribution in [0, 0.1) is 6.92 Å². The Morgan fingerprint density at radius 3 is 2.52 bits per heavy atom. The van der Waals surface area contributed by atoms with E-state index >= 15 is 0 Å². The van der Waals surface area contributed by atoms with Crippen LogP contribution >= 0.6 is 0 Å². The third-order valence-corrected chi connectivity index (χ3v) is 3.60. The SMILES string of the molecule is CCOC(=O)c1c(C)noc1NC(=O)c1ccc(-n2cccc2)cc1.